The molecule has 0 saturated heterocycles. The standard InChI is InChI=1S/C17H11Cl2N3O3/c18-10-5-6-11(13(19)7-10)15(23)17(22-9-20-8-21-22)16(24)12-3-1-2-4-14(12)25-17/h1-9,16,24H/t16-,17+/m0/s1. The number of fused-ring (bicyclic) bond motifs is 1. The summed E-state index contributed by atoms with van der Waals surface area (Å²) in [5.41, 5.74) is -1.19. The number of hydrogen-bond acceptors (Lipinski definition) is 5. The molecule has 6 nitrogen and oxygen atoms in total. The quantitative estimate of drug-likeness (QED) is 0.711. The van der Waals surface area contributed by atoms with Crippen LogP contribution in [0.15, 0.2) is 55.1 Å². The van der Waals surface area contributed by atoms with E-state index in [2.05, 4.69) is 10.1 Å². The molecule has 126 valence electrons. The highest BCUT2D eigenvalue weighted by Crippen LogP contribution is 2.47. The number of hydrogen-bond donors (Lipinski definition) is 1. The van der Waals surface area contributed by atoms with Gasteiger partial charge in [0.2, 0.25) is 5.78 Å². The molecule has 1 aliphatic heterocycles. The molecule has 0 radical (unpaired) electrons. The zero-order chi connectivity index (χ0) is 17.6. The summed E-state index contributed by atoms with van der Waals surface area (Å²) < 4.78 is 7.12. The van der Waals surface area contributed by atoms with Crippen molar-refractivity contribution in [3.8, 4) is 5.75 Å². The van der Waals surface area contributed by atoms with Gasteiger partial charge in [-0.25, -0.2) is 9.67 Å². The van der Waals surface area contributed by atoms with Crippen LogP contribution in [0.3, 0.4) is 0 Å². The number of ketones is 1. The lowest BCUT2D eigenvalue weighted by Crippen LogP contribution is -2.49. The van der Waals surface area contributed by atoms with Gasteiger partial charge in [0.15, 0.2) is 6.10 Å². The minimum Gasteiger partial charge on any atom is -0.455 e. The van der Waals surface area contributed by atoms with Crippen molar-refractivity contribution in [3.63, 3.8) is 0 Å². The van der Waals surface area contributed by atoms with Crippen LogP contribution < -0.4 is 4.74 Å². The van der Waals surface area contributed by atoms with Crippen molar-refractivity contribution in [1.29, 1.82) is 0 Å². The number of halogens is 2. The molecule has 4 rings (SSSR count). The first kappa shape index (κ1) is 16.1. The van der Waals surface area contributed by atoms with E-state index in [1.54, 1.807) is 30.3 Å². The van der Waals surface area contributed by atoms with Crippen molar-refractivity contribution >= 4 is 29.0 Å². The molecule has 0 amide bonds. The Morgan fingerprint density at radius 3 is 2.72 bits per heavy atom. The molecule has 0 fully saturated rings. The fraction of sp³-hybridized carbons (Fsp3) is 0.118. The maximum absolute atomic E-state index is 13.4. The van der Waals surface area contributed by atoms with Gasteiger partial charge >= 0.3 is 0 Å². The van der Waals surface area contributed by atoms with E-state index in [9.17, 15) is 9.90 Å². The predicted molar refractivity (Wildman–Crippen MR) is 90.8 cm³/mol. The number of ether oxygens (including phenoxy) is 1. The summed E-state index contributed by atoms with van der Waals surface area (Å²) in [5, 5.41) is 15.5. The van der Waals surface area contributed by atoms with Gasteiger partial charge in [-0.1, -0.05) is 41.4 Å². The first-order valence-electron chi connectivity index (χ1n) is 7.35. The Bertz CT molecular complexity index is 962. The number of carbonyl (C=O) groups is 1. The van der Waals surface area contributed by atoms with Crippen LogP contribution in [0, 0.1) is 0 Å². The zero-order valence-electron chi connectivity index (χ0n) is 12.6. The van der Waals surface area contributed by atoms with Gasteiger partial charge in [0, 0.05) is 16.1 Å². The maximum Gasteiger partial charge on any atom is 0.296 e. The number of aliphatic hydroxyl groups is 1. The van der Waals surface area contributed by atoms with E-state index in [0.29, 0.717) is 16.3 Å². The molecule has 8 heteroatoms. The maximum atomic E-state index is 13.4. The third-order valence-electron chi connectivity index (χ3n) is 4.11. The zero-order valence-corrected chi connectivity index (χ0v) is 14.1. The number of aliphatic hydroxyl groups excluding tert-OH is 1. The summed E-state index contributed by atoms with van der Waals surface area (Å²) in [6.07, 6.45) is 1.29. The third-order valence-corrected chi connectivity index (χ3v) is 4.66. The SMILES string of the molecule is O=C(c1ccc(Cl)cc1Cl)[C@@]1(n2cncn2)Oc2ccccc2[C@@H]1O. The van der Waals surface area contributed by atoms with Crippen LogP contribution >= 0.6 is 23.2 Å². The topological polar surface area (TPSA) is 77.2 Å². The molecule has 3 aromatic rings. The molecular weight excluding hydrogens is 365 g/mol. The summed E-state index contributed by atoms with van der Waals surface area (Å²) in [6.45, 7) is 0. The van der Waals surface area contributed by atoms with Crippen molar-refractivity contribution < 1.29 is 14.6 Å². The third kappa shape index (κ3) is 2.33. The number of benzene rings is 2. The Morgan fingerprint density at radius 2 is 2.04 bits per heavy atom. The number of Topliss-reactive ketones (excluding diaryl/α,β-unsaturated/α-hetero) is 1. The second-order valence-electron chi connectivity index (χ2n) is 5.53. The van der Waals surface area contributed by atoms with Gasteiger partial charge in [0.25, 0.3) is 5.72 Å². The molecule has 1 N–H and O–H groups in total. The molecule has 0 bridgehead atoms. The van der Waals surface area contributed by atoms with Crippen LogP contribution in [-0.4, -0.2) is 25.7 Å². The number of aromatic nitrogens is 3. The molecule has 0 spiro atoms. The highest BCUT2D eigenvalue weighted by Gasteiger charge is 2.57. The largest absolute Gasteiger partial charge is 0.455 e. The molecule has 0 saturated carbocycles. The molecule has 2 aromatic carbocycles. The number of rotatable bonds is 3. The molecular formula is C17H11Cl2N3O3. The first-order valence-corrected chi connectivity index (χ1v) is 8.10. The predicted octanol–water partition coefficient (Wildman–Crippen LogP) is 3.25. The van der Waals surface area contributed by atoms with E-state index in [0.717, 1.165) is 0 Å². The molecule has 0 aliphatic carbocycles. The normalized spacial score (nSPS) is 21.6. The van der Waals surface area contributed by atoms with Crippen LogP contribution in [0.4, 0.5) is 0 Å². The van der Waals surface area contributed by atoms with Crippen LogP contribution in [0.1, 0.15) is 22.0 Å². The lowest BCUT2D eigenvalue weighted by molar-refractivity contribution is -0.0685. The Morgan fingerprint density at radius 1 is 1.24 bits per heavy atom. The Balaban J connectivity index is 1.91. The van der Waals surface area contributed by atoms with E-state index in [-0.39, 0.29) is 10.6 Å². The summed E-state index contributed by atoms with van der Waals surface area (Å²) in [7, 11) is 0. The van der Waals surface area contributed by atoms with Crippen LogP contribution in [0.5, 0.6) is 5.75 Å². The fourth-order valence-corrected chi connectivity index (χ4v) is 3.42. The monoisotopic (exact) mass is 375 g/mol. The number of nitrogens with zero attached hydrogens (tertiary/aromatic N) is 3. The lowest BCUT2D eigenvalue weighted by atomic mass is 9.93. The van der Waals surface area contributed by atoms with Crippen molar-refractivity contribution in [3.05, 3.63) is 76.3 Å². The average Bonchev–Trinajstić information content (AvgIpc) is 3.22. The van der Waals surface area contributed by atoms with E-state index in [4.69, 9.17) is 27.9 Å². The minimum atomic E-state index is -1.84. The van der Waals surface area contributed by atoms with Crippen molar-refractivity contribution in [2.75, 3.05) is 0 Å². The highest BCUT2D eigenvalue weighted by molar-refractivity contribution is 6.37. The fourth-order valence-electron chi connectivity index (χ4n) is 2.93. The molecule has 2 heterocycles. The number of carbonyl (C=O) groups excluding carboxylic acids is 1. The van der Waals surface area contributed by atoms with E-state index >= 15 is 0 Å². The van der Waals surface area contributed by atoms with Crippen molar-refractivity contribution in [2.24, 2.45) is 0 Å². The minimum absolute atomic E-state index is 0.156. The van der Waals surface area contributed by atoms with Gasteiger partial charge in [0.05, 0.1) is 5.02 Å². The van der Waals surface area contributed by atoms with Gasteiger partial charge < -0.3 is 9.84 Å². The summed E-state index contributed by atoms with van der Waals surface area (Å²) in [6, 6.07) is 11.4. The Labute approximate surface area is 152 Å². The van der Waals surface area contributed by atoms with Gasteiger partial charge in [-0.3, -0.25) is 4.79 Å². The molecule has 1 aliphatic rings. The van der Waals surface area contributed by atoms with Gasteiger partial charge in [-0.15, -0.1) is 0 Å². The summed E-state index contributed by atoms with van der Waals surface area (Å²) in [5.74, 6) is -0.160. The van der Waals surface area contributed by atoms with E-state index in [1.165, 1.54) is 29.5 Å². The van der Waals surface area contributed by atoms with Gasteiger partial charge in [-0.05, 0) is 24.3 Å². The molecule has 25 heavy (non-hydrogen) atoms. The highest BCUT2D eigenvalue weighted by atomic mass is 35.5. The van der Waals surface area contributed by atoms with Gasteiger partial charge in [-0.2, -0.15) is 5.10 Å². The van der Waals surface area contributed by atoms with Gasteiger partial charge in [0.1, 0.15) is 18.4 Å². The Hall–Kier alpha value is -2.41. The van der Waals surface area contributed by atoms with Crippen LogP contribution in [-0.2, 0) is 5.72 Å². The molecule has 1 aromatic heterocycles. The van der Waals surface area contributed by atoms with Crippen LogP contribution in [0.2, 0.25) is 10.0 Å². The van der Waals surface area contributed by atoms with E-state index < -0.39 is 17.6 Å². The van der Waals surface area contributed by atoms with Crippen LogP contribution in [0.25, 0.3) is 0 Å². The molecule has 2 atom stereocenters. The summed E-state index contributed by atoms with van der Waals surface area (Å²) in [4.78, 5) is 17.3. The Kier molecular flexibility index (Phi) is 3.76. The van der Waals surface area contributed by atoms with E-state index in [1.807, 2.05) is 0 Å². The number of para-hydroxylation sites is 1. The lowest BCUT2D eigenvalue weighted by Gasteiger charge is -2.30. The smallest absolute Gasteiger partial charge is 0.296 e. The summed E-state index contributed by atoms with van der Waals surface area (Å²) >= 11 is 12.1. The average molecular weight is 376 g/mol. The second kappa shape index (κ2) is 5.84. The second-order valence-corrected chi connectivity index (χ2v) is 6.38. The molecule has 0 unspecified atom stereocenters. The van der Waals surface area contributed by atoms with Crippen molar-refractivity contribution in [1.82, 2.24) is 14.8 Å². The van der Waals surface area contributed by atoms with Crippen molar-refractivity contribution in [2.45, 2.75) is 11.8 Å². The first-order chi connectivity index (χ1) is 12.0.